The van der Waals surface area contributed by atoms with Gasteiger partial charge in [0.1, 0.15) is 22.6 Å². The van der Waals surface area contributed by atoms with Crippen LogP contribution in [-0.2, 0) is 11.1 Å². The van der Waals surface area contributed by atoms with E-state index < -0.39 is 38.4 Å². The topological polar surface area (TPSA) is 40.1 Å². The minimum Gasteiger partial charge on any atom is -0.771 e. The molecule has 31 heavy (non-hydrogen) atoms. The maximum atomic E-state index is 12.0. The fraction of sp³-hybridized carbons (Fsp3) is 1.00. The number of halogens is 19. The van der Waals surface area contributed by atoms with E-state index in [0.29, 0.717) is 0 Å². The third-order valence-corrected chi connectivity index (χ3v) is 43.8. The summed E-state index contributed by atoms with van der Waals surface area (Å²) < 4.78 is 12.9. The third-order valence-electron chi connectivity index (χ3n) is 3.30. The molecular weight excluding hydrogens is 1690 g/mol. The van der Waals surface area contributed by atoms with Crippen molar-refractivity contribution in [1.82, 2.24) is 0 Å². The summed E-state index contributed by atoms with van der Waals surface area (Å²) in [5.41, 5.74) is 0. The summed E-state index contributed by atoms with van der Waals surface area (Å²) in [5, 5.41) is 0. The average Bonchev–Trinajstić information content (AvgIpc) is 2.52. The highest BCUT2D eigenvalue weighted by atomic mass is 80.0. The van der Waals surface area contributed by atoms with Gasteiger partial charge < -0.3 is 4.55 Å². The first-order valence-electron chi connectivity index (χ1n) is 6.13. The molecule has 0 heterocycles. The van der Waals surface area contributed by atoms with Crippen molar-refractivity contribution in [2.75, 3.05) is 0 Å². The van der Waals surface area contributed by atoms with Crippen molar-refractivity contribution >= 4 is 314 Å². The van der Waals surface area contributed by atoms with Crippen molar-refractivity contribution < 1.29 is 8.76 Å². The zero-order chi connectivity index (χ0) is 26.1. The Labute approximate surface area is 342 Å². The van der Waals surface area contributed by atoms with Gasteiger partial charge in [-0.15, -0.1) is 0 Å². The molecule has 0 spiro atoms. The summed E-state index contributed by atoms with van der Waals surface area (Å²) >= 11 is 65.8. The van der Waals surface area contributed by atoms with E-state index in [2.05, 4.69) is 303 Å². The smallest absolute Gasteiger partial charge is 0.169 e. The van der Waals surface area contributed by atoms with Crippen molar-refractivity contribution in [3.63, 3.8) is 0 Å². The van der Waals surface area contributed by atoms with Gasteiger partial charge in [0.05, 0.1) is 0 Å². The van der Waals surface area contributed by atoms with E-state index in [0.717, 1.165) is 0 Å². The first kappa shape index (κ1) is 40.2. The second kappa shape index (κ2) is 13.1. The highest BCUT2D eigenvalue weighted by Crippen LogP contribution is 2.79. The Morgan fingerprint density at radius 2 is 0.581 bits per heavy atom. The number of alkyl halides is 19. The van der Waals surface area contributed by atoms with Crippen LogP contribution in [0.2, 0.25) is 0 Å². The Balaban J connectivity index is 6.95. The van der Waals surface area contributed by atoms with Crippen LogP contribution in [0.5, 0.6) is 0 Å². The Bertz CT molecular complexity index is 706. The van der Waals surface area contributed by atoms with Crippen molar-refractivity contribution in [2.24, 2.45) is 0 Å². The molecule has 0 saturated carbocycles. The van der Waals surface area contributed by atoms with Crippen molar-refractivity contribution in [3.8, 4) is 0 Å². The molecule has 0 aliphatic heterocycles. The monoisotopic (exact) mass is 1670 g/mol. The normalized spacial score (nSPS) is 17.7. The standard InChI is InChI=1S/C9HBr19O2S/c10-1(11,2(12,13)4(16,17)6(20,21)8(24,25)26)3(14,15)5(18,19)7(22,23)9(27,28)31(29)30/h(H,29,30)/p-1. The predicted molar refractivity (Wildman–Crippen MR) is 203 cm³/mol. The molecule has 0 amide bonds. The van der Waals surface area contributed by atoms with E-state index in [4.69, 9.17) is 0 Å². The minimum atomic E-state index is -2.64. The van der Waals surface area contributed by atoms with Gasteiger partial charge in [-0.3, -0.25) is 4.21 Å². The van der Waals surface area contributed by atoms with Crippen molar-refractivity contribution in [2.45, 2.75) is 27.3 Å². The first-order valence-corrected chi connectivity index (χ1v) is 22.3. The van der Waals surface area contributed by atoms with Crippen LogP contribution in [0.4, 0.5) is 0 Å². The summed E-state index contributed by atoms with van der Waals surface area (Å²) in [6.45, 7) is 0. The second-order valence-corrected chi connectivity index (χ2v) is 41.7. The molecule has 0 saturated heterocycles. The third kappa shape index (κ3) is 7.15. The van der Waals surface area contributed by atoms with E-state index in [9.17, 15) is 8.76 Å². The molecule has 22 heteroatoms. The lowest BCUT2D eigenvalue weighted by molar-refractivity contribution is 0.522. The van der Waals surface area contributed by atoms with Gasteiger partial charge in [0, 0.05) is 0 Å². The van der Waals surface area contributed by atoms with Gasteiger partial charge >= 0.3 is 0 Å². The predicted octanol–water partition coefficient (Wildman–Crippen LogP) is 13.6. The van der Waals surface area contributed by atoms with Crippen LogP contribution in [-0.4, -0.2) is 36.1 Å². The van der Waals surface area contributed by atoms with E-state index in [1.54, 1.807) is 0 Å². The lowest BCUT2D eigenvalue weighted by atomic mass is 10.1. The zero-order valence-corrected chi connectivity index (χ0v) is 43.9. The first-order chi connectivity index (χ1) is 12.9. The van der Waals surface area contributed by atoms with Crippen LogP contribution >= 0.6 is 303 Å². The van der Waals surface area contributed by atoms with Gasteiger partial charge in [0.2, 0.25) is 0 Å². The van der Waals surface area contributed by atoms with E-state index in [-0.39, 0.29) is 0 Å². The Hall–Kier alpha value is 9.23. The molecule has 0 aliphatic carbocycles. The molecule has 1 unspecified atom stereocenters. The zero-order valence-electron chi connectivity index (χ0n) is 12.9. The maximum Gasteiger partial charge on any atom is 0.169 e. The van der Waals surface area contributed by atoms with Gasteiger partial charge in [0.25, 0.3) is 0 Å². The Morgan fingerprint density at radius 1 is 0.387 bits per heavy atom. The lowest BCUT2D eigenvalue weighted by Crippen LogP contribution is -2.69. The van der Waals surface area contributed by atoms with Gasteiger partial charge in [-0.25, -0.2) is 0 Å². The van der Waals surface area contributed by atoms with Gasteiger partial charge in [0.15, 0.2) is 4.71 Å². The van der Waals surface area contributed by atoms with E-state index in [1.165, 1.54) is 0 Å². The van der Waals surface area contributed by atoms with Crippen LogP contribution in [0.3, 0.4) is 0 Å². The fourth-order valence-corrected chi connectivity index (χ4v) is 19.5. The van der Waals surface area contributed by atoms with Gasteiger partial charge in [-0.2, -0.15) is 0 Å². The van der Waals surface area contributed by atoms with Crippen LogP contribution in [0.15, 0.2) is 0 Å². The molecule has 2 nitrogen and oxygen atoms in total. The van der Waals surface area contributed by atoms with E-state index in [1.807, 2.05) is 0 Å². The largest absolute Gasteiger partial charge is 0.771 e. The minimum absolute atomic E-state index is 0.869. The van der Waals surface area contributed by atoms with Gasteiger partial charge in [-0.05, 0) is 11.1 Å². The number of rotatable bonds is 8. The highest BCUT2D eigenvalue weighted by Gasteiger charge is 2.78. The molecule has 188 valence electrons. The van der Waals surface area contributed by atoms with Crippen molar-refractivity contribution in [1.29, 1.82) is 0 Å². The highest BCUT2D eigenvalue weighted by molar-refractivity contribution is 9.42. The van der Waals surface area contributed by atoms with Crippen molar-refractivity contribution in [3.05, 3.63) is 0 Å². The molecule has 1 atom stereocenters. The SMILES string of the molecule is O=S([O-])C(Br)(Br)C(Br)(Br)C(Br)(Br)C(Br)(Br)C(Br)(Br)C(Br)(Br)C(Br)(Br)C(Br)(Br)C(Br)(Br)Br. The molecule has 0 radical (unpaired) electrons. The average molecular weight is 1690 g/mol. The van der Waals surface area contributed by atoms with Crippen LogP contribution in [0.25, 0.3) is 0 Å². The van der Waals surface area contributed by atoms with Crippen LogP contribution in [0, 0.1) is 0 Å². The van der Waals surface area contributed by atoms with Crippen LogP contribution in [0.1, 0.15) is 0 Å². The van der Waals surface area contributed by atoms with Gasteiger partial charge in [-0.1, -0.05) is 303 Å². The molecule has 0 aromatic heterocycles. The molecule has 0 aromatic carbocycles. The molecule has 0 aliphatic rings. The molecule has 0 N–H and O–H groups in total. The quantitative estimate of drug-likeness (QED) is 0.179. The summed E-state index contributed by atoms with van der Waals surface area (Å²) in [6, 6.07) is 0. The summed E-state index contributed by atoms with van der Waals surface area (Å²) in [7, 11) is 0. The van der Waals surface area contributed by atoms with Crippen LogP contribution < -0.4 is 0 Å². The Kier molecular flexibility index (Phi) is 17.0. The summed E-state index contributed by atoms with van der Waals surface area (Å²) in [6.07, 6.45) is 0. The molecule has 0 rings (SSSR count). The summed E-state index contributed by atoms with van der Waals surface area (Å²) in [4.78, 5) is 0. The number of hydrogen-bond donors (Lipinski definition) is 0. The molecule has 0 bridgehead atoms. The summed E-state index contributed by atoms with van der Waals surface area (Å²) in [5.74, 6) is 0. The molecular formula is C9Br19O2S-. The molecule has 0 aromatic rings. The fourth-order valence-electron chi connectivity index (χ4n) is 1.45. The molecule has 0 fully saturated rings. The lowest BCUT2D eigenvalue weighted by Gasteiger charge is -2.58. The van der Waals surface area contributed by atoms with E-state index >= 15 is 0 Å². The maximum absolute atomic E-state index is 12.0. The second-order valence-electron chi connectivity index (χ2n) is 5.27. The number of hydrogen-bond acceptors (Lipinski definition) is 2. The Morgan fingerprint density at radius 3 is 0.774 bits per heavy atom.